The second kappa shape index (κ2) is 7.16. The number of rotatable bonds is 5. The highest BCUT2D eigenvalue weighted by atomic mass is 16.5. The van der Waals surface area contributed by atoms with E-state index in [4.69, 9.17) is 4.74 Å². The van der Waals surface area contributed by atoms with Crippen molar-refractivity contribution in [3.8, 4) is 23.0 Å². The Morgan fingerprint density at radius 1 is 1.16 bits per heavy atom. The first kappa shape index (κ1) is 18.2. The van der Waals surface area contributed by atoms with Crippen LogP contribution in [0.25, 0.3) is 0 Å². The predicted molar refractivity (Wildman–Crippen MR) is 88.3 cm³/mol. The lowest BCUT2D eigenvalue weighted by Gasteiger charge is -2.19. The van der Waals surface area contributed by atoms with Crippen molar-refractivity contribution in [2.45, 2.75) is 19.3 Å². The topological polar surface area (TPSA) is 129 Å². The van der Waals surface area contributed by atoms with Gasteiger partial charge in [0.25, 0.3) is 5.56 Å². The third kappa shape index (κ3) is 3.68. The number of H-pyrrole nitrogens is 1. The van der Waals surface area contributed by atoms with Crippen LogP contribution in [-0.4, -0.2) is 40.5 Å². The highest BCUT2D eigenvalue weighted by Gasteiger charge is 2.27. The van der Waals surface area contributed by atoms with Crippen LogP contribution in [0.4, 0.5) is 0 Å². The van der Waals surface area contributed by atoms with Gasteiger partial charge < -0.3 is 29.8 Å². The lowest BCUT2D eigenvalue weighted by molar-refractivity contribution is -0.140. The number of aryl methyl sites for hydroxylation is 1. The molecule has 8 heteroatoms. The van der Waals surface area contributed by atoms with Gasteiger partial charge in [-0.2, -0.15) is 0 Å². The van der Waals surface area contributed by atoms with Crippen molar-refractivity contribution in [1.82, 2.24) is 4.98 Å². The molecule has 1 heterocycles. The van der Waals surface area contributed by atoms with Gasteiger partial charge in [0.15, 0.2) is 11.5 Å². The van der Waals surface area contributed by atoms with E-state index in [0.717, 1.165) is 0 Å². The normalized spacial score (nSPS) is 11.8. The monoisotopic (exact) mass is 349 g/mol. The molecule has 0 saturated heterocycles. The van der Waals surface area contributed by atoms with E-state index in [2.05, 4.69) is 9.72 Å². The minimum absolute atomic E-state index is 0.0344. The van der Waals surface area contributed by atoms with Crippen molar-refractivity contribution in [2.75, 3.05) is 14.2 Å². The maximum atomic E-state index is 12.3. The zero-order valence-corrected chi connectivity index (χ0v) is 14.0. The molecule has 0 spiro atoms. The number of aromatic nitrogens is 1. The minimum Gasteiger partial charge on any atom is -0.507 e. The van der Waals surface area contributed by atoms with Crippen LogP contribution in [0.5, 0.6) is 23.0 Å². The fraction of sp³-hybridized carbons (Fsp3) is 0.294. The van der Waals surface area contributed by atoms with Crippen molar-refractivity contribution in [3.05, 3.63) is 45.4 Å². The van der Waals surface area contributed by atoms with Crippen molar-refractivity contribution >= 4 is 5.97 Å². The Balaban J connectivity index is 2.69. The van der Waals surface area contributed by atoms with Gasteiger partial charge >= 0.3 is 5.97 Å². The Morgan fingerprint density at radius 3 is 2.40 bits per heavy atom. The Kier molecular flexibility index (Phi) is 5.21. The molecule has 0 aliphatic carbocycles. The zero-order chi connectivity index (χ0) is 18.7. The van der Waals surface area contributed by atoms with Crippen molar-refractivity contribution in [1.29, 1.82) is 0 Å². The molecule has 134 valence electrons. The Hall–Kier alpha value is -3.16. The Morgan fingerprint density at radius 2 is 1.84 bits per heavy atom. The minimum atomic E-state index is -0.919. The summed E-state index contributed by atoms with van der Waals surface area (Å²) in [6.45, 7) is 1.61. The molecule has 0 aliphatic rings. The summed E-state index contributed by atoms with van der Waals surface area (Å²) in [5.74, 6) is -2.81. The van der Waals surface area contributed by atoms with Crippen LogP contribution in [0.2, 0.25) is 0 Å². The third-order valence-corrected chi connectivity index (χ3v) is 3.83. The summed E-state index contributed by atoms with van der Waals surface area (Å²) >= 11 is 0. The number of benzene rings is 1. The standard InChI is InChI=1S/C17H19NO7/c1-8-4-11(19)15(17(23)18-8)10(7-14(21)25-3)9-5-12(20)16(22)13(6-9)24-2/h4-6,10,20,22H,7H2,1-3H3,(H2,18,19,23). The lowest BCUT2D eigenvalue weighted by atomic mass is 9.88. The average molecular weight is 349 g/mol. The highest BCUT2D eigenvalue weighted by molar-refractivity contribution is 5.72. The number of phenolic OH excluding ortho intramolecular Hbond substituents is 2. The number of pyridine rings is 1. The molecule has 0 radical (unpaired) electrons. The molecule has 0 amide bonds. The maximum Gasteiger partial charge on any atom is 0.306 e. The zero-order valence-electron chi connectivity index (χ0n) is 14.0. The number of phenols is 2. The molecule has 1 unspecified atom stereocenters. The lowest BCUT2D eigenvalue weighted by Crippen LogP contribution is -2.20. The molecule has 0 saturated carbocycles. The molecule has 1 aromatic carbocycles. The van der Waals surface area contributed by atoms with Gasteiger partial charge in [0.05, 0.1) is 26.2 Å². The number of esters is 1. The molecule has 25 heavy (non-hydrogen) atoms. The number of hydrogen-bond donors (Lipinski definition) is 4. The van der Waals surface area contributed by atoms with Crippen LogP contribution in [0.3, 0.4) is 0 Å². The van der Waals surface area contributed by atoms with Crippen LogP contribution in [-0.2, 0) is 9.53 Å². The summed E-state index contributed by atoms with van der Waals surface area (Å²) in [5, 5.41) is 29.9. The Labute approximate surface area is 143 Å². The van der Waals surface area contributed by atoms with Gasteiger partial charge in [0.2, 0.25) is 5.75 Å². The van der Waals surface area contributed by atoms with Gasteiger partial charge in [-0.15, -0.1) is 0 Å². The van der Waals surface area contributed by atoms with Crippen LogP contribution >= 0.6 is 0 Å². The number of carbonyl (C=O) groups excluding carboxylic acids is 1. The number of hydrogen-bond acceptors (Lipinski definition) is 7. The van der Waals surface area contributed by atoms with Crippen LogP contribution in [0.1, 0.15) is 29.2 Å². The SMILES string of the molecule is COC(=O)CC(c1cc(O)c(O)c(OC)c1)c1c(O)cc(C)[nH]c1=O. The molecular weight excluding hydrogens is 330 g/mol. The molecule has 8 nitrogen and oxygen atoms in total. The van der Waals surface area contributed by atoms with Gasteiger partial charge in [-0.05, 0) is 30.7 Å². The molecule has 1 aromatic heterocycles. The summed E-state index contributed by atoms with van der Waals surface area (Å²) in [6, 6.07) is 3.93. The molecular formula is C17H19NO7. The first-order valence-corrected chi connectivity index (χ1v) is 7.38. The predicted octanol–water partition coefficient (Wildman–Crippen LogP) is 1.50. The number of carbonyl (C=O) groups is 1. The molecule has 2 rings (SSSR count). The highest BCUT2D eigenvalue weighted by Crippen LogP contribution is 2.41. The molecule has 4 N–H and O–H groups in total. The van der Waals surface area contributed by atoms with Gasteiger partial charge in [-0.25, -0.2) is 0 Å². The van der Waals surface area contributed by atoms with Gasteiger partial charge in [-0.3, -0.25) is 9.59 Å². The molecule has 0 aliphatic heterocycles. The summed E-state index contributed by atoms with van der Waals surface area (Å²) in [6.07, 6.45) is -0.260. The van der Waals surface area contributed by atoms with Gasteiger partial charge in [0, 0.05) is 11.6 Å². The fourth-order valence-corrected chi connectivity index (χ4v) is 2.63. The smallest absolute Gasteiger partial charge is 0.306 e. The molecule has 0 fully saturated rings. The van der Waals surface area contributed by atoms with E-state index in [1.165, 1.54) is 32.4 Å². The number of aromatic amines is 1. The van der Waals surface area contributed by atoms with Crippen molar-refractivity contribution in [3.63, 3.8) is 0 Å². The van der Waals surface area contributed by atoms with Crippen LogP contribution in [0, 0.1) is 6.92 Å². The Bertz CT molecular complexity index is 857. The maximum absolute atomic E-state index is 12.3. The van der Waals surface area contributed by atoms with Crippen molar-refractivity contribution < 1.29 is 29.6 Å². The summed E-state index contributed by atoms with van der Waals surface area (Å²) in [7, 11) is 2.50. The summed E-state index contributed by atoms with van der Waals surface area (Å²) < 4.78 is 9.65. The van der Waals surface area contributed by atoms with Crippen molar-refractivity contribution in [2.24, 2.45) is 0 Å². The second-order valence-corrected chi connectivity index (χ2v) is 5.50. The van der Waals surface area contributed by atoms with E-state index >= 15 is 0 Å². The summed E-state index contributed by atoms with van der Waals surface area (Å²) in [4.78, 5) is 26.7. The van der Waals surface area contributed by atoms with Gasteiger partial charge in [-0.1, -0.05) is 0 Å². The number of ether oxygens (including phenoxy) is 2. The first-order chi connectivity index (χ1) is 11.8. The largest absolute Gasteiger partial charge is 0.507 e. The fourth-order valence-electron chi connectivity index (χ4n) is 2.63. The first-order valence-electron chi connectivity index (χ1n) is 7.38. The van der Waals surface area contributed by atoms with E-state index in [1.54, 1.807) is 6.92 Å². The average Bonchev–Trinajstić information content (AvgIpc) is 2.55. The third-order valence-electron chi connectivity index (χ3n) is 3.83. The van der Waals surface area contributed by atoms with E-state index in [1.807, 2.05) is 0 Å². The number of aromatic hydroxyl groups is 3. The number of methoxy groups -OCH3 is 2. The molecule has 2 aromatic rings. The van der Waals surface area contributed by atoms with Gasteiger partial charge in [0.1, 0.15) is 5.75 Å². The van der Waals surface area contributed by atoms with E-state index in [-0.39, 0.29) is 23.5 Å². The van der Waals surface area contributed by atoms with E-state index in [9.17, 15) is 24.9 Å². The van der Waals surface area contributed by atoms with Crippen LogP contribution < -0.4 is 10.3 Å². The molecule has 1 atom stereocenters. The van der Waals surface area contributed by atoms with E-state index in [0.29, 0.717) is 11.3 Å². The van der Waals surface area contributed by atoms with Crippen LogP contribution in [0.15, 0.2) is 23.0 Å². The quantitative estimate of drug-likeness (QED) is 0.475. The molecule has 0 bridgehead atoms. The van der Waals surface area contributed by atoms with E-state index < -0.39 is 28.9 Å². The summed E-state index contributed by atoms with van der Waals surface area (Å²) in [5.41, 5.74) is 0.123. The second-order valence-electron chi connectivity index (χ2n) is 5.50. The number of nitrogens with one attached hydrogen (secondary N) is 1.